The highest BCUT2D eigenvalue weighted by molar-refractivity contribution is 5.98. The summed E-state index contributed by atoms with van der Waals surface area (Å²) in [5.74, 6) is 0.821. The van der Waals surface area contributed by atoms with Crippen molar-refractivity contribution >= 4 is 5.78 Å². The van der Waals surface area contributed by atoms with Crippen molar-refractivity contribution in [3.05, 3.63) is 59.4 Å². The second-order valence-corrected chi connectivity index (χ2v) is 6.82. The normalized spacial score (nSPS) is 18.8. The zero-order valence-corrected chi connectivity index (χ0v) is 16.2. The molecule has 0 heterocycles. The number of ether oxygens (including phenoxy) is 4. The minimum Gasteiger partial charge on any atom is -0.468 e. The van der Waals surface area contributed by atoms with Gasteiger partial charge in [0, 0.05) is 31.3 Å². The molecule has 0 radical (unpaired) electrons. The molecule has 0 bridgehead atoms. The molecule has 0 N–H and O–H groups in total. The van der Waals surface area contributed by atoms with Crippen LogP contribution in [0.3, 0.4) is 0 Å². The quantitative estimate of drug-likeness (QED) is 0.466. The first-order valence-electron chi connectivity index (χ1n) is 9.31. The minimum atomic E-state index is -0.349. The number of carbonyl (C=O) groups excluding carboxylic acids is 1. The SMILES string of the molecule is COCOc1ccc(OCOC)c([C@@H]2CCC[C@@H]2C(=O)c2ccc(F)cc2)c1. The van der Waals surface area contributed by atoms with Crippen molar-refractivity contribution < 1.29 is 28.1 Å². The zero-order valence-electron chi connectivity index (χ0n) is 16.2. The van der Waals surface area contributed by atoms with Gasteiger partial charge in [-0.3, -0.25) is 4.79 Å². The van der Waals surface area contributed by atoms with Gasteiger partial charge in [-0.25, -0.2) is 4.39 Å². The van der Waals surface area contributed by atoms with Crippen LogP contribution in [-0.4, -0.2) is 33.6 Å². The van der Waals surface area contributed by atoms with E-state index in [1.807, 2.05) is 12.1 Å². The van der Waals surface area contributed by atoms with E-state index in [2.05, 4.69) is 0 Å². The van der Waals surface area contributed by atoms with Gasteiger partial charge in [0.25, 0.3) is 0 Å². The third kappa shape index (κ3) is 4.69. The van der Waals surface area contributed by atoms with Gasteiger partial charge in [0.15, 0.2) is 19.4 Å². The molecule has 28 heavy (non-hydrogen) atoms. The van der Waals surface area contributed by atoms with Crippen LogP contribution in [0.15, 0.2) is 42.5 Å². The molecule has 0 aliphatic heterocycles. The average molecular weight is 388 g/mol. The molecule has 1 aliphatic rings. The first kappa shape index (κ1) is 20.3. The van der Waals surface area contributed by atoms with Crippen molar-refractivity contribution in [1.29, 1.82) is 0 Å². The molecule has 0 amide bonds. The standard InChI is InChI=1S/C22H25FO5/c1-25-13-27-17-10-11-21(28-14-26-2)20(12-17)18-4-3-5-19(18)22(24)15-6-8-16(23)9-7-15/h6-12,18-19H,3-5,13-14H2,1-2H3/t18-,19+/m1/s1. The number of methoxy groups -OCH3 is 2. The molecule has 2 atom stereocenters. The Morgan fingerprint density at radius 1 is 1.00 bits per heavy atom. The maximum atomic E-state index is 13.2. The molecule has 1 fully saturated rings. The van der Waals surface area contributed by atoms with E-state index in [4.69, 9.17) is 18.9 Å². The van der Waals surface area contributed by atoms with Gasteiger partial charge in [-0.1, -0.05) is 6.42 Å². The average Bonchev–Trinajstić information content (AvgIpc) is 3.20. The minimum absolute atomic E-state index is 0.00416. The van der Waals surface area contributed by atoms with E-state index in [1.54, 1.807) is 32.4 Å². The van der Waals surface area contributed by atoms with E-state index in [9.17, 15) is 9.18 Å². The molecule has 0 spiro atoms. The summed E-state index contributed by atoms with van der Waals surface area (Å²) < 4.78 is 34.5. The van der Waals surface area contributed by atoms with Gasteiger partial charge in [-0.15, -0.1) is 0 Å². The summed E-state index contributed by atoms with van der Waals surface area (Å²) in [5, 5.41) is 0. The Bertz CT molecular complexity index is 790. The Labute approximate surface area is 164 Å². The molecule has 3 rings (SSSR count). The summed E-state index contributed by atoms with van der Waals surface area (Å²) >= 11 is 0. The molecule has 6 heteroatoms. The molecule has 1 saturated carbocycles. The summed E-state index contributed by atoms with van der Waals surface area (Å²) in [6.07, 6.45) is 2.59. The predicted molar refractivity (Wildman–Crippen MR) is 102 cm³/mol. The number of hydrogen-bond acceptors (Lipinski definition) is 5. The molecular weight excluding hydrogens is 363 g/mol. The van der Waals surface area contributed by atoms with Crippen LogP contribution in [0.2, 0.25) is 0 Å². The number of hydrogen-bond donors (Lipinski definition) is 0. The Hall–Kier alpha value is -2.44. The number of carbonyl (C=O) groups is 1. The van der Waals surface area contributed by atoms with Crippen LogP contribution in [0.25, 0.3) is 0 Å². The molecule has 5 nitrogen and oxygen atoms in total. The van der Waals surface area contributed by atoms with Gasteiger partial charge in [0.05, 0.1) is 0 Å². The van der Waals surface area contributed by atoms with E-state index < -0.39 is 0 Å². The van der Waals surface area contributed by atoms with Crippen molar-refractivity contribution in [2.45, 2.75) is 25.2 Å². The monoisotopic (exact) mass is 388 g/mol. The summed E-state index contributed by atoms with van der Waals surface area (Å²) in [7, 11) is 3.12. The van der Waals surface area contributed by atoms with Crippen LogP contribution in [0.4, 0.5) is 4.39 Å². The zero-order chi connectivity index (χ0) is 19.9. The third-order valence-electron chi connectivity index (χ3n) is 5.04. The van der Waals surface area contributed by atoms with Gasteiger partial charge >= 0.3 is 0 Å². The van der Waals surface area contributed by atoms with Crippen molar-refractivity contribution in [3.63, 3.8) is 0 Å². The van der Waals surface area contributed by atoms with E-state index >= 15 is 0 Å². The Morgan fingerprint density at radius 2 is 1.71 bits per heavy atom. The molecule has 1 aliphatic carbocycles. The van der Waals surface area contributed by atoms with E-state index in [-0.39, 0.29) is 37.0 Å². The lowest BCUT2D eigenvalue weighted by Gasteiger charge is -2.22. The Balaban J connectivity index is 1.89. The maximum Gasteiger partial charge on any atom is 0.188 e. The van der Waals surface area contributed by atoms with Gasteiger partial charge in [-0.05, 0) is 61.2 Å². The van der Waals surface area contributed by atoms with Crippen LogP contribution in [0, 0.1) is 11.7 Å². The highest BCUT2D eigenvalue weighted by atomic mass is 19.1. The lowest BCUT2D eigenvalue weighted by Crippen LogP contribution is -2.19. The smallest absolute Gasteiger partial charge is 0.188 e. The number of rotatable bonds is 9. The van der Waals surface area contributed by atoms with Gasteiger partial charge in [0.2, 0.25) is 0 Å². The summed E-state index contributed by atoms with van der Waals surface area (Å²) in [4.78, 5) is 13.1. The summed E-state index contributed by atoms with van der Waals surface area (Å²) in [6, 6.07) is 11.3. The number of benzene rings is 2. The third-order valence-corrected chi connectivity index (χ3v) is 5.04. The second kappa shape index (κ2) is 9.66. The Kier molecular flexibility index (Phi) is 7.01. The van der Waals surface area contributed by atoms with Crippen molar-refractivity contribution in [2.24, 2.45) is 5.92 Å². The fraction of sp³-hybridized carbons (Fsp3) is 0.409. The van der Waals surface area contributed by atoms with Crippen molar-refractivity contribution in [2.75, 3.05) is 27.8 Å². The second-order valence-electron chi connectivity index (χ2n) is 6.82. The van der Waals surface area contributed by atoms with Crippen LogP contribution in [0.1, 0.15) is 41.1 Å². The van der Waals surface area contributed by atoms with Crippen molar-refractivity contribution in [3.8, 4) is 11.5 Å². The lowest BCUT2D eigenvalue weighted by molar-refractivity contribution is 0.0473. The van der Waals surface area contributed by atoms with Crippen LogP contribution in [-0.2, 0) is 9.47 Å². The fourth-order valence-electron chi connectivity index (χ4n) is 3.76. The number of ketones is 1. The van der Waals surface area contributed by atoms with Crippen LogP contribution in [0.5, 0.6) is 11.5 Å². The topological polar surface area (TPSA) is 54.0 Å². The number of Topliss-reactive ketones (excluding diaryl/α,β-unsaturated/α-hetero) is 1. The van der Waals surface area contributed by atoms with Gasteiger partial charge < -0.3 is 18.9 Å². The highest BCUT2D eigenvalue weighted by Crippen LogP contribution is 2.45. The van der Waals surface area contributed by atoms with E-state index in [0.29, 0.717) is 17.1 Å². The summed E-state index contributed by atoms with van der Waals surface area (Å²) in [5.41, 5.74) is 1.45. The first-order chi connectivity index (χ1) is 13.6. The lowest BCUT2D eigenvalue weighted by atomic mass is 9.83. The molecule has 2 aromatic rings. The van der Waals surface area contributed by atoms with Gasteiger partial charge in [-0.2, -0.15) is 0 Å². The Morgan fingerprint density at radius 3 is 2.43 bits per heavy atom. The number of halogens is 1. The maximum absolute atomic E-state index is 13.2. The molecule has 2 aromatic carbocycles. The van der Waals surface area contributed by atoms with E-state index in [1.165, 1.54) is 12.1 Å². The molecule has 150 valence electrons. The summed E-state index contributed by atoms with van der Waals surface area (Å²) in [6.45, 7) is 0.259. The van der Waals surface area contributed by atoms with Crippen LogP contribution < -0.4 is 9.47 Å². The molecule has 0 unspecified atom stereocenters. The van der Waals surface area contributed by atoms with Crippen molar-refractivity contribution in [1.82, 2.24) is 0 Å². The molecular formula is C22H25FO5. The van der Waals surface area contributed by atoms with E-state index in [0.717, 1.165) is 24.8 Å². The molecule has 0 saturated heterocycles. The predicted octanol–water partition coefficient (Wildman–Crippen LogP) is 4.56. The largest absolute Gasteiger partial charge is 0.468 e. The first-order valence-corrected chi connectivity index (χ1v) is 9.31. The highest BCUT2D eigenvalue weighted by Gasteiger charge is 2.36. The van der Waals surface area contributed by atoms with Crippen LogP contribution >= 0.6 is 0 Å². The van der Waals surface area contributed by atoms with Gasteiger partial charge in [0.1, 0.15) is 17.3 Å². The molecule has 0 aromatic heterocycles. The fourth-order valence-corrected chi connectivity index (χ4v) is 3.76.